The molecule has 2 aliphatic rings. The third kappa shape index (κ3) is 4.05. The van der Waals surface area contributed by atoms with Crippen LogP contribution >= 0.6 is 23.1 Å². The number of nitrogens with two attached hydrogens (primary N) is 1. The summed E-state index contributed by atoms with van der Waals surface area (Å²) < 4.78 is 17.3. The van der Waals surface area contributed by atoms with Crippen molar-refractivity contribution in [3.8, 4) is 0 Å². The van der Waals surface area contributed by atoms with E-state index in [4.69, 9.17) is 5.73 Å². The number of carboxylic acid groups (broad SMARTS) is 1. The minimum Gasteiger partial charge on any atom is -0.477 e. The fourth-order valence-corrected chi connectivity index (χ4v) is 5.99. The first-order chi connectivity index (χ1) is 13.3. The fraction of sp³-hybridized carbons (Fsp3) is 0.333. The molecule has 13 heteroatoms. The van der Waals surface area contributed by atoms with E-state index < -0.39 is 46.1 Å². The summed E-state index contributed by atoms with van der Waals surface area (Å²) in [5.41, 5.74) is 4.86. The Balaban J connectivity index is 1.66. The number of nitrogens with one attached hydrogen (secondary N) is 1. The zero-order valence-corrected chi connectivity index (χ0v) is 16.6. The van der Waals surface area contributed by atoms with Crippen LogP contribution in [-0.4, -0.2) is 67.6 Å². The van der Waals surface area contributed by atoms with Crippen LogP contribution in [0.15, 0.2) is 33.0 Å². The van der Waals surface area contributed by atoms with E-state index >= 15 is 0 Å². The normalized spacial score (nSPS) is 22.1. The summed E-state index contributed by atoms with van der Waals surface area (Å²) in [6.45, 7) is -0.336. The van der Waals surface area contributed by atoms with Crippen LogP contribution in [0.5, 0.6) is 0 Å². The first-order valence-electron chi connectivity index (χ1n) is 7.83. The maximum absolute atomic E-state index is 12.4. The number of hydrogen-bond acceptors (Lipinski definition) is 8. The van der Waals surface area contributed by atoms with E-state index in [-0.39, 0.29) is 29.4 Å². The molecule has 4 N–H and O–H groups in total. The Morgan fingerprint density at radius 1 is 1.43 bits per heavy atom. The lowest BCUT2D eigenvalue weighted by molar-refractivity contribution is -0.150. The number of β-lactam (4-membered cyclic amide) rings is 1. The molecule has 3 amide bonds. The van der Waals surface area contributed by atoms with Gasteiger partial charge >= 0.3 is 12.1 Å². The Morgan fingerprint density at radius 2 is 2.18 bits per heavy atom. The van der Waals surface area contributed by atoms with E-state index in [2.05, 4.69) is 10.1 Å². The number of aliphatic carboxylic acids is 1. The Hall–Kier alpha value is -2.38. The third-order valence-corrected chi connectivity index (χ3v) is 7.89. The van der Waals surface area contributed by atoms with Crippen LogP contribution in [0.3, 0.4) is 0 Å². The van der Waals surface area contributed by atoms with Gasteiger partial charge in [0.2, 0.25) is 5.91 Å². The fourth-order valence-electron chi connectivity index (χ4n) is 2.75. The van der Waals surface area contributed by atoms with E-state index in [9.17, 15) is 28.5 Å². The number of hydrogen-bond donors (Lipinski definition) is 3. The molecule has 2 aliphatic heterocycles. The molecule has 150 valence electrons. The molecule has 10 nitrogen and oxygen atoms in total. The Labute approximate surface area is 169 Å². The number of carbonyl (C=O) groups excluding carboxylic acids is 3. The summed E-state index contributed by atoms with van der Waals surface area (Å²) in [6, 6.07) is 2.47. The standard InChI is InChI=1S/C15H15N3O7S3/c16-15(23)25-4-7-5-27-13-10(12(20)18(13)11(7)14(21)22)17-8(19)6-28(24)9-2-1-3-26-9/h1-3,10,13H,4-6H2,(H2,16,23)(H,17,19)(H,21,22)/t10?,13-,28?/m1/s1. The molecule has 0 aliphatic carbocycles. The van der Waals surface area contributed by atoms with Gasteiger partial charge in [-0.2, -0.15) is 0 Å². The summed E-state index contributed by atoms with van der Waals surface area (Å²) in [7, 11) is -1.51. The van der Waals surface area contributed by atoms with Gasteiger partial charge in [0.1, 0.15) is 29.5 Å². The maximum atomic E-state index is 12.4. The molecule has 0 spiro atoms. The van der Waals surface area contributed by atoms with E-state index in [1.807, 2.05) is 0 Å². The van der Waals surface area contributed by atoms with Crippen molar-refractivity contribution in [1.82, 2.24) is 10.2 Å². The van der Waals surface area contributed by atoms with Gasteiger partial charge in [0.25, 0.3) is 5.91 Å². The lowest BCUT2D eigenvalue weighted by Gasteiger charge is -2.49. The molecule has 0 bridgehead atoms. The number of amides is 3. The molecular weight excluding hydrogens is 430 g/mol. The van der Waals surface area contributed by atoms with Crippen LogP contribution in [0, 0.1) is 0 Å². The number of carbonyl (C=O) groups is 4. The second-order valence-corrected chi connectivity index (χ2v) is 9.47. The SMILES string of the molecule is NC(=O)OCC1=C(C(=O)O)N2C(=O)C(NC(=O)CS(=O)c3cccs3)[C@H]2SC1. The van der Waals surface area contributed by atoms with Crippen molar-refractivity contribution >= 4 is 57.8 Å². The molecule has 2 unspecified atom stereocenters. The summed E-state index contributed by atoms with van der Waals surface area (Å²) in [6.07, 6.45) is -1.05. The topological polar surface area (TPSA) is 156 Å². The van der Waals surface area contributed by atoms with Gasteiger partial charge < -0.3 is 20.9 Å². The largest absolute Gasteiger partial charge is 0.477 e. The second kappa shape index (κ2) is 8.32. The van der Waals surface area contributed by atoms with Crippen LogP contribution < -0.4 is 11.1 Å². The van der Waals surface area contributed by atoms with Crippen molar-refractivity contribution in [3.05, 3.63) is 28.8 Å². The van der Waals surface area contributed by atoms with Gasteiger partial charge in [-0.1, -0.05) is 6.07 Å². The van der Waals surface area contributed by atoms with E-state index in [0.29, 0.717) is 4.21 Å². The zero-order valence-electron chi connectivity index (χ0n) is 14.2. The van der Waals surface area contributed by atoms with E-state index in [1.165, 1.54) is 23.1 Å². The Kier molecular flexibility index (Phi) is 6.05. The molecule has 0 radical (unpaired) electrons. The Bertz CT molecular complexity index is 883. The lowest BCUT2D eigenvalue weighted by atomic mass is 10.0. The highest BCUT2D eigenvalue weighted by atomic mass is 32.2. The first kappa shape index (κ1) is 20.4. The first-order valence-corrected chi connectivity index (χ1v) is 11.1. The summed E-state index contributed by atoms with van der Waals surface area (Å²) in [4.78, 5) is 48.0. The maximum Gasteiger partial charge on any atom is 0.404 e. The quantitative estimate of drug-likeness (QED) is 0.483. The molecule has 28 heavy (non-hydrogen) atoms. The summed E-state index contributed by atoms with van der Waals surface area (Å²) in [5, 5.41) is 13.1. The highest BCUT2D eigenvalue weighted by Gasteiger charge is 2.54. The number of rotatable bonds is 7. The van der Waals surface area contributed by atoms with Gasteiger partial charge in [-0.3, -0.25) is 18.7 Å². The molecule has 1 fully saturated rings. The number of fused-ring (bicyclic) bond motifs is 1. The van der Waals surface area contributed by atoms with Crippen LogP contribution in [0.4, 0.5) is 4.79 Å². The van der Waals surface area contributed by atoms with Crippen molar-refractivity contribution in [3.63, 3.8) is 0 Å². The summed E-state index contributed by atoms with van der Waals surface area (Å²) >= 11 is 2.49. The predicted octanol–water partition coefficient (Wildman–Crippen LogP) is -0.310. The van der Waals surface area contributed by atoms with Crippen LogP contribution in [0.2, 0.25) is 0 Å². The molecule has 0 aromatic carbocycles. The van der Waals surface area contributed by atoms with Crippen LogP contribution in [0.25, 0.3) is 0 Å². The number of primary amides is 1. The predicted molar refractivity (Wildman–Crippen MR) is 101 cm³/mol. The number of ether oxygens (including phenoxy) is 1. The highest BCUT2D eigenvalue weighted by Crippen LogP contribution is 2.40. The molecule has 3 atom stereocenters. The average molecular weight is 446 g/mol. The number of thiophene rings is 1. The minimum absolute atomic E-state index is 0.191. The van der Waals surface area contributed by atoms with Gasteiger partial charge in [-0.05, 0) is 11.4 Å². The van der Waals surface area contributed by atoms with Crippen molar-refractivity contribution in [1.29, 1.82) is 0 Å². The van der Waals surface area contributed by atoms with Crippen LogP contribution in [0.1, 0.15) is 0 Å². The molecule has 3 rings (SSSR count). The van der Waals surface area contributed by atoms with E-state index in [0.717, 1.165) is 4.90 Å². The number of thioether (sulfide) groups is 1. The zero-order chi connectivity index (χ0) is 20.4. The van der Waals surface area contributed by atoms with Gasteiger partial charge in [-0.15, -0.1) is 23.1 Å². The van der Waals surface area contributed by atoms with Crippen molar-refractivity contribution < 1.29 is 33.2 Å². The molecule has 1 aromatic heterocycles. The van der Waals surface area contributed by atoms with Crippen molar-refractivity contribution in [2.75, 3.05) is 18.1 Å². The molecule has 1 aromatic rings. The van der Waals surface area contributed by atoms with Crippen LogP contribution in [-0.2, 0) is 29.9 Å². The van der Waals surface area contributed by atoms with Gasteiger partial charge in [0.15, 0.2) is 0 Å². The molecule has 0 saturated carbocycles. The molecule has 3 heterocycles. The molecule has 1 saturated heterocycles. The van der Waals surface area contributed by atoms with Gasteiger partial charge in [0, 0.05) is 11.3 Å². The Morgan fingerprint density at radius 3 is 2.79 bits per heavy atom. The highest BCUT2D eigenvalue weighted by molar-refractivity contribution is 8.00. The summed E-state index contributed by atoms with van der Waals surface area (Å²) in [5.74, 6) is -2.60. The van der Waals surface area contributed by atoms with Gasteiger partial charge in [0.05, 0.1) is 15.0 Å². The third-order valence-electron chi connectivity index (χ3n) is 3.94. The number of nitrogens with zero attached hydrogens (tertiary/aromatic N) is 1. The van der Waals surface area contributed by atoms with E-state index in [1.54, 1.807) is 17.5 Å². The van der Waals surface area contributed by atoms with Gasteiger partial charge in [-0.25, -0.2) is 9.59 Å². The lowest BCUT2D eigenvalue weighted by Crippen LogP contribution is -2.70. The average Bonchev–Trinajstić information content (AvgIpc) is 3.18. The monoisotopic (exact) mass is 445 g/mol. The van der Waals surface area contributed by atoms with Crippen molar-refractivity contribution in [2.45, 2.75) is 15.6 Å². The van der Waals surface area contributed by atoms with Crippen molar-refractivity contribution in [2.24, 2.45) is 5.73 Å². The second-order valence-electron chi connectivity index (χ2n) is 5.74. The molecular formula is C15H15N3O7S3. The smallest absolute Gasteiger partial charge is 0.404 e. The minimum atomic E-state index is -1.51. The number of carboxylic acids is 1.